The van der Waals surface area contributed by atoms with Crippen molar-refractivity contribution in [1.82, 2.24) is 9.97 Å². The first kappa shape index (κ1) is 14.9. The molecule has 0 saturated carbocycles. The number of halogens is 2. The highest BCUT2D eigenvalue weighted by Crippen LogP contribution is 2.34. The molecule has 4 heteroatoms. The molecule has 23 heavy (non-hydrogen) atoms. The fourth-order valence-corrected chi connectivity index (χ4v) is 3.39. The normalized spacial score (nSPS) is 11.0. The molecular weight excluding hydrogens is 463 g/mol. The predicted molar refractivity (Wildman–Crippen MR) is 107 cm³/mol. The first-order valence-corrected chi connectivity index (χ1v) is 9.08. The van der Waals surface area contributed by atoms with Crippen LogP contribution in [0.1, 0.15) is 0 Å². The molecule has 0 fully saturated rings. The zero-order valence-corrected chi connectivity index (χ0v) is 15.8. The first-order chi connectivity index (χ1) is 11.2. The second-order valence-corrected chi connectivity index (χ2v) is 7.46. The number of hydrogen-bond donors (Lipinski definition) is 1. The molecular formula is C19H12BrIN2. The number of nitrogens with zero attached hydrogens (tertiary/aromatic N) is 1. The number of aromatic nitrogens is 2. The molecule has 3 aromatic carbocycles. The number of rotatable bonds is 2. The van der Waals surface area contributed by atoms with E-state index in [1.165, 1.54) is 14.7 Å². The molecule has 4 rings (SSSR count). The van der Waals surface area contributed by atoms with Gasteiger partial charge in [-0.15, -0.1) is 0 Å². The molecule has 0 bridgehead atoms. The van der Waals surface area contributed by atoms with E-state index in [0.29, 0.717) is 0 Å². The molecule has 0 atom stereocenters. The minimum absolute atomic E-state index is 0.890. The summed E-state index contributed by atoms with van der Waals surface area (Å²) in [6, 6.07) is 23.0. The summed E-state index contributed by atoms with van der Waals surface area (Å²) < 4.78 is 2.27. The topological polar surface area (TPSA) is 28.7 Å². The lowest BCUT2D eigenvalue weighted by molar-refractivity contribution is 1.33. The summed E-state index contributed by atoms with van der Waals surface area (Å²) in [6.45, 7) is 0. The fraction of sp³-hybridized carbons (Fsp3) is 0. The highest BCUT2D eigenvalue weighted by molar-refractivity contribution is 14.1. The second kappa shape index (κ2) is 6.09. The van der Waals surface area contributed by atoms with Gasteiger partial charge in [0.05, 0.1) is 11.0 Å². The van der Waals surface area contributed by atoms with Crippen molar-refractivity contribution in [2.24, 2.45) is 0 Å². The Balaban J connectivity index is 1.93. The minimum Gasteiger partial charge on any atom is -0.338 e. The van der Waals surface area contributed by atoms with E-state index in [1.807, 2.05) is 24.3 Å². The van der Waals surface area contributed by atoms with Crippen molar-refractivity contribution in [3.8, 4) is 22.5 Å². The quantitative estimate of drug-likeness (QED) is 0.341. The largest absolute Gasteiger partial charge is 0.338 e. The number of imidazole rings is 1. The Morgan fingerprint density at radius 2 is 1.65 bits per heavy atom. The van der Waals surface area contributed by atoms with Crippen LogP contribution in [0.3, 0.4) is 0 Å². The molecule has 4 aromatic rings. The van der Waals surface area contributed by atoms with Gasteiger partial charge in [0.1, 0.15) is 5.82 Å². The van der Waals surface area contributed by atoms with Crippen LogP contribution in [0.5, 0.6) is 0 Å². The summed E-state index contributed by atoms with van der Waals surface area (Å²) in [5.41, 5.74) is 5.49. The van der Waals surface area contributed by atoms with Crippen LogP contribution in [-0.4, -0.2) is 9.97 Å². The summed E-state index contributed by atoms with van der Waals surface area (Å²) in [4.78, 5) is 8.18. The maximum absolute atomic E-state index is 4.75. The maximum atomic E-state index is 4.75. The number of fused-ring (bicyclic) bond motifs is 1. The third kappa shape index (κ3) is 2.93. The number of hydrogen-bond acceptors (Lipinski definition) is 1. The fourth-order valence-electron chi connectivity index (χ4n) is 2.67. The van der Waals surface area contributed by atoms with E-state index in [2.05, 4.69) is 86.0 Å². The average molecular weight is 475 g/mol. The predicted octanol–water partition coefficient (Wildman–Crippen LogP) is 6.26. The third-order valence-electron chi connectivity index (χ3n) is 3.78. The molecule has 2 nitrogen and oxygen atoms in total. The van der Waals surface area contributed by atoms with Crippen molar-refractivity contribution in [3.63, 3.8) is 0 Å². The molecule has 0 aliphatic heterocycles. The van der Waals surface area contributed by atoms with E-state index in [0.717, 1.165) is 26.9 Å². The van der Waals surface area contributed by atoms with Gasteiger partial charge in [-0.2, -0.15) is 0 Å². The van der Waals surface area contributed by atoms with Crippen molar-refractivity contribution < 1.29 is 0 Å². The smallest absolute Gasteiger partial charge is 0.139 e. The van der Waals surface area contributed by atoms with E-state index in [1.54, 1.807) is 0 Å². The van der Waals surface area contributed by atoms with Gasteiger partial charge in [0.15, 0.2) is 0 Å². The van der Waals surface area contributed by atoms with Crippen LogP contribution >= 0.6 is 38.5 Å². The van der Waals surface area contributed by atoms with Gasteiger partial charge in [0.2, 0.25) is 0 Å². The Morgan fingerprint density at radius 3 is 2.43 bits per heavy atom. The summed E-state index contributed by atoms with van der Waals surface area (Å²) in [5.74, 6) is 0.890. The Hall–Kier alpha value is -1.66. The summed E-state index contributed by atoms with van der Waals surface area (Å²) in [7, 11) is 0. The van der Waals surface area contributed by atoms with Crippen LogP contribution in [0, 0.1) is 3.57 Å². The van der Waals surface area contributed by atoms with Crippen LogP contribution in [-0.2, 0) is 0 Å². The molecule has 0 aliphatic rings. The molecule has 1 heterocycles. The maximum Gasteiger partial charge on any atom is 0.139 e. The Kier molecular flexibility index (Phi) is 3.95. The van der Waals surface area contributed by atoms with Gasteiger partial charge in [-0.05, 0) is 70.1 Å². The number of para-hydroxylation sites is 2. The Morgan fingerprint density at radius 1 is 0.870 bits per heavy atom. The number of benzene rings is 3. The van der Waals surface area contributed by atoms with E-state index < -0.39 is 0 Å². The van der Waals surface area contributed by atoms with Gasteiger partial charge in [0, 0.05) is 13.6 Å². The van der Waals surface area contributed by atoms with E-state index in [9.17, 15) is 0 Å². The van der Waals surface area contributed by atoms with Gasteiger partial charge < -0.3 is 4.98 Å². The van der Waals surface area contributed by atoms with Crippen LogP contribution in [0.2, 0.25) is 0 Å². The molecule has 1 aromatic heterocycles. The number of aromatic amines is 1. The zero-order chi connectivity index (χ0) is 15.8. The monoisotopic (exact) mass is 474 g/mol. The second-order valence-electron chi connectivity index (χ2n) is 5.30. The number of H-pyrrole nitrogens is 1. The minimum atomic E-state index is 0.890. The standard InChI is InChI=1S/C19H12BrIN2/c20-13-7-10-15(12-5-8-14(21)9-6-12)16(11-13)19-22-17-3-1-2-4-18(17)23-19/h1-11H,(H,22,23). The van der Waals surface area contributed by atoms with Crippen LogP contribution in [0.25, 0.3) is 33.5 Å². The molecule has 0 spiro atoms. The van der Waals surface area contributed by atoms with Crippen LogP contribution in [0.4, 0.5) is 0 Å². The SMILES string of the molecule is Brc1ccc(-c2ccc(I)cc2)c(-c2nc3ccccc3[nH]2)c1. The van der Waals surface area contributed by atoms with E-state index in [-0.39, 0.29) is 0 Å². The van der Waals surface area contributed by atoms with Crippen LogP contribution < -0.4 is 0 Å². The van der Waals surface area contributed by atoms with Gasteiger partial charge in [-0.1, -0.05) is 46.3 Å². The van der Waals surface area contributed by atoms with Crippen molar-refractivity contribution >= 4 is 49.6 Å². The molecule has 112 valence electrons. The first-order valence-electron chi connectivity index (χ1n) is 7.21. The lowest BCUT2D eigenvalue weighted by atomic mass is 9.99. The lowest BCUT2D eigenvalue weighted by Gasteiger charge is -2.09. The van der Waals surface area contributed by atoms with Gasteiger partial charge in [-0.3, -0.25) is 0 Å². The Bertz CT molecular complexity index is 957. The third-order valence-corrected chi connectivity index (χ3v) is 4.99. The molecule has 0 amide bonds. The highest BCUT2D eigenvalue weighted by Gasteiger charge is 2.12. The van der Waals surface area contributed by atoms with Gasteiger partial charge >= 0.3 is 0 Å². The van der Waals surface area contributed by atoms with E-state index >= 15 is 0 Å². The average Bonchev–Trinajstić information content (AvgIpc) is 3.00. The van der Waals surface area contributed by atoms with Crippen molar-refractivity contribution in [2.75, 3.05) is 0 Å². The summed E-state index contributed by atoms with van der Waals surface area (Å²) in [6.07, 6.45) is 0. The summed E-state index contributed by atoms with van der Waals surface area (Å²) >= 11 is 5.90. The molecule has 0 saturated heterocycles. The number of nitrogens with one attached hydrogen (secondary N) is 1. The molecule has 0 unspecified atom stereocenters. The van der Waals surface area contributed by atoms with Crippen molar-refractivity contribution in [3.05, 3.63) is 74.8 Å². The van der Waals surface area contributed by atoms with Gasteiger partial charge in [0.25, 0.3) is 0 Å². The summed E-state index contributed by atoms with van der Waals surface area (Å²) in [5, 5.41) is 0. The molecule has 1 N–H and O–H groups in total. The van der Waals surface area contributed by atoms with Crippen molar-refractivity contribution in [2.45, 2.75) is 0 Å². The molecule has 0 aliphatic carbocycles. The van der Waals surface area contributed by atoms with E-state index in [4.69, 9.17) is 4.98 Å². The van der Waals surface area contributed by atoms with Gasteiger partial charge in [-0.25, -0.2) is 4.98 Å². The van der Waals surface area contributed by atoms with Crippen molar-refractivity contribution in [1.29, 1.82) is 0 Å². The zero-order valence-electron chi connectivity index (χ0n) is 12.1. The molecule has 0 radical (unpaired) electrons. The highest BCUT2D eigenvalue weighted by atomic mass is 127. The van der Waals surface area contributed by atoms with Crippen LogP contribution in [0.15, 0.2) is 71.2 Å². The Labute approximate surface area is 156 Å². The lowest BCUT2D eigenvalue weighted by Crippen LogP contribution is -1.88.